The molecule has 0 aliphatic rings. The van der Waals surface area contributed by atoms with Gasteiger partial charge in [-0.3, -0.25) is 9.59 Å². The summed E-state index contributed by atoms with van der Waals surface area (Å²) in [6.45, 7) is 0. The monoisotopic (exact) mass is 349 g/mol. The maximum Gasteiger partial charge on any atom is 0.274 e. The Morgan fingerprint density at radius 2 is 2.05 bits per heavy atom. The van der Waals surface area contributed by atoms with Gasteiger partial charge < -0.3 is 15.8 Å². The van der Waals surface area contributed by atoms with Crippen LogP contribution in [0.1, 0.15) is 20.8 Å². The fourth-order valence-electron chi connectivity index (χ4n) is 1.68. The van der Waals surface area contributed by atoms with E-state index in [4.69, 9.17) is 10.5 Å². The molecule has 0 radical (unpaired) electrons. The largest absolute Gasteiger partial charge is 0.495 e. The number of benzene rings is 1. The molecule has 2 rings (SSSR count). The van der Waals surface area contributed by atoms with Crippen molar-refractivity contribution in [2.45, 2.75) is 0 Å². The number of ether oxygens (including phenoxy) is 1. The van der Waals surface area contributed by atoms with E-state index in [0.29, 0.717) is 16.0 Å². The van der Waals surface area contributed by atoms with E-state index in [1.807, 2.05) is 0 Å². The zero-order chi connectivity index (χ0) is 15.4. The smallest absolute Gasteiger partial charge is 0.274 e. The van der Waals surface area contributed by atoms with Crippen LogP contribution in [0.5, 0.6) is 5.75 Å². The van der Waals surface area contributed by atoms with E-state index in [2.05, 4.69) is 26.2 Å². The molecule has 21 heavy (non-hydrogen) atoms. The second-order valence-corrected chi connectivity index (χ2v) is 4.89. The number of aromatic nitrogens is 1. The standard InChI is InChI=1S/C14H12BrN3O3/c1-21-11-6-5-8(13(16)19)7-10(11)18-14(20)9-3-2-4-12(15)17-9/h2-7H,1H3,(H2,16,19)(H,18,20). The van der Waals surface area contributed by atoms with Gasteiger partial charge in [-0.05, 0) is 46.3 Å². The average Bonchev–Trinajstić information content (AvgIpc) is 2.47. The van der Waals surface area contributed by atoms with Crippen LogP contribution in [0.4, 0.5) is 5.69 Å². The third kappa shape index (κ3) is 3.57. The second-order valence-electron chi connectivity index (χ2n) is 4.08. The summed E-state index contributed by atoms with van der Waals surface area (Å²) in [5.41, 5.74) is 6.08. The van der Waals surface area contributed by atoms with Crippen LogP contribution >= 0.6 is 15.9 Å². The molecule has 0 bridgehead atoms. The van der Waals surface area contributed by atoms with Gasteiger partial charge in [0.1, 0.15) is 16.0 Å². The summed E-state index contributed by atoms with van der Waals surface area (Å²) in [7, 11) is 1.46. The van der Waals surface area contributed by atoms with Crippen LogP contribution in [0.3, 0.4) is 0 Å². The minimum atomic E-state index is -0.589. The maximum atomic E-state index is 12.1. The molecule has 0 unspecified atom stereocenters. The quantitative estimate of drug-likeness (QED) is 0.827. The number of carbonyl (C=O) groups is 2. The lowest BCUT2D eigenvalue weighted by atomic mass is 10.1. The van der Waals surface area contributed by atoms with Crippen LogP contribution in [0.25, 0.3) is 0 Å². The Hall–Kier alpha value is -2.41. The van der Waals surface area contributed by atoms with Crippen LogP contribution in [-0.4, -0.2) is 23.9 Å². The summed E-state index contributed by atoms with van der Waals surface area (Å²) in [5, 5.41) is 2.65. The molecule has 6 nitrogen and oxygen atoms in total. The first-order valence-electron chi connectivity index (χ1n) is 5.93. The van der Waals surface area contributed by atoms with E-state index in [1.54, 1.807) is 24.3 Å². The van der Waals surface area contributed by atoms with Gasteiger partial charge in [-0.2, -0.15) is 0 Å². The van der Waals surface area contributed by atoms with Crippen molar-refractivity contribution in [3.63, 3.8) is 0 Å². The fourth-order valence-corrected chi connectivity index (χ4v) is 2.02. The SMILES string of the molecule is COc1ccc(C(N)=O)cc1NC(=O)c1cccc(Br)n1. The molecule has 7 heteroatoms. The number of halogens is 1. The number of primary amides is 1. The first-order valence-corrected chi connectivity index (χ1v) is 6.72. The molecule has 0 aliphatic heterocycles. The van der Waals surface area contributed by atoms with Crippen molar-refractivity contribution in [2.75, 3.05) is 12.4 Å². The lowest BCUT2D eigenvalue weighted by molar-refractivity contribution is 0.0995. The van der Waals surface area contributed by atoms with Crippen LogP contribution in [0.15, 0.2) is 41.0 Å². The molecule has 0 saturated heterocycles. The highest BCUT2D eigenvalue weighted by molar-refractivity contribution is 9.10. The highest BCUT2D eigenvalue weighted by Gasteiger charge is 2.13. The lowest BCUT2D eigenvalue weighted by Crippen LogP contribution is -2.16. The van der Waals surface area contributed by atoms with Gasteiger partial charge in [0.15, 0.2) is 0 Å². The van der Waals surface area contributed by atoms with Gasteiger partial charge in [0.2, 0.25) is 5.91 Å². The first kappa shape index (κ1) is 15.0. The summed E-state index contributed by atoms with van der Waals surface area (Å²) in [6, 6.07) is 9.52. The molecule has 1 aromatic heterocycles. The number of hydrogen-bond donors (Lipinski definition) is 2. The molecular formula is C14H12BrN3O3. The van der Waals surface area contributed by atoms with Gasteiger partial charge in [0.25, 0.3) is 5.91 Å². The summed E-state index contributed by atoms with van der Waals surface area (Å²) in [4.78, 5) is 27.4. The fraction of sp³-hybridized carbons (Fsp3) is 0.0714. The van der Waals surface area contributed by atoms with Crippen molar-refractivity contribution < 1.29 is 14.3 Å². The molecule has 2 aromatic rings. The third-order valence-electron chi connectivity index (χ3n) is 2.68. The van der Waals surface area contributed by atoms with E-state index in [-0.39, 0.29) is 11.3 Å². The average molecular weight is 350 g/mol. The van der Waals surface area contributed by atoms with Gasteiger partial charge in [-0.15, -0.1) is 0 Å². The molecule has 3 N–H and O–H groups in total. The highest BCUT2D eigenvalue weighted by atomic mass is 79.9. The highest BCUT2D eigenvalue weighted by Crippen LogP contribution is 2.26. The zero-order valence-corrected chi connectivity index (χ0v) is 12.7. The molecule has 1 heterocycles. The van der Waals surface area contributed by atoms with Crippen molar-refractivity contribution >= 4 is 33.4 Å². The summed E-state index contributed by atoms with van der Waals surface area (Å²) in [5.74, 6) is -0.590. The van der Waals surface area contributed by atoms with Crippen LogP contribution < -0.4 is 15.8 Å². The number of anilines is 1. The first-order chi connectivity index (χ1) is 10.0. The Morgan fingerprint density at radius 1 is 1.29 bits per heavy atom. The number of hydrogen-bond acceptors (Lipinski definition) is 4. The molecular weight excluding hydrogens is 338 g/mol. The molecule has 2 amide bonds. The van der Waals surface area contributed by atoms with Gasteiger partial charge in [-0.1, -0.05) is 6.07 Å². The number of pyridine rings is 1. The van der Waals surface area contributed by atoms with Gasteiger partial charge >= 0.3 is 0 Å². The molecule has 1 aromatic carbocycles. The van der Waals surface area contributed by atoms with E-state index in [0.717, 1.165) is 0 Å². The zero-order valence-electron chi connectivity index (χ0n) is 11.1. The summed E-state index contributed by atoms with van der Waals surface area (Å²) < 4.78 is 5.69. The number of nitrogens with zero attached hydrogens (tertiary/aromatic N) is 1. The van der Waals surface area contributed by atoms with Gasteiger partial charge in [-0.25, -0.2) is 4.98 Å². The predicted octanol–water partition coefficient (Wildman–Crippen LogP) is 2.20. The molecule has 0 fully saturated rings. The van der Waals surface area contributed by atoms with Crippen molar-refractivity contribution in [2.24, 2.45) is 5.73 Å². The van der Waals surface area contributed by atoms with E-state index < -0.39 is 11.8 Å². The molecule has 108 valence electrons. The van der Waals surface area contributed by atoms with Gasteiger partial charge in [0.05, 0.1) is 12.8 Å². The predicted molar refractivity (Wildman–Crippen MR) is 81.4 cm³/mol. The second kappa shape index (κ2) is 6.36. The normalized spacial score (nSPS) is 10.0. The minimum Gasteiger partial charge on any atom is -0.495 e. The summed E-state index contributed by atoms with van der Waals surface area (Å²) >= 11 is 3.20. The lowest BCUT2D eigenvalue weighted by Gasteiger charge is -2.11. The number of carbonyl (C=O) groups excluding carboxylic acids is 2. The van der Waals surface area contributed by atoms with Crippen molar-refractivity contribution in [3.8, 4) is 5.75 Å². The Balaban J connectivity index is 2.31. The van der Waals surface area contributed by atoms with Crippen molar-refractivity contribution in [1.82, 2.24) is 4.98 Å². The van der Waals surface area contributed by atoms with Crippen molar-refractivity contribution in [1.29, 1.82) is 0 Å². The topological polar surface area (TPSA) is 94.3 Å². The number of amides is 2. The van der Waals surface area contributed by atoms with Crippen molar-refractivity contribution in [3.05, 3.63) is 52.3 Å². The number of methoxy groups -OCH3 is 1. The van der Waals surface area contributed by atoms with Crippen LogP contribution in [0.2, 0.25) is 0 Å². The molecule has 0 spiro atoms. The molecule has 0 atom stereocenters. The van der Waals surface area contributed by atoms with E-state index in [1.165, 1.54) is 19.2 Å². The van der Waals surface area contributed by atoms with Gasteiger partial charge in [0, 0.05) is 5.56 Å². The Labute approximate surface area is 129 Å². The molecule has 0 aliphatic carbocycles. The Kier molecular flexibility index (Phi) is 4.54. The summed E-state index contributed by atoms with van der Waals surface area (Å²) in [6.07, 6.45) is 0. The number of nitrogens with one attached hydrogen (secondary N) is 1. The van der Waals surface area contributed by atoms with Crippen LogP contribution in [0, 0.1) is 0 Å². The maximum absolute atomic E-state index is 12.1. The minimum absolute atomic E-state index is 0.232. The Morgan fingerprint density at radius 3 is 2.67 bits per heavy atom. The van der Waals surface area contributed by atoms with E-state index >= 15 is 0 Å². The number of rotatable bonds is 4. The molecule has 0 saturated carbocycles. The van der Waals surface area contributed by atoms with Crippen LogP contribution in [-0.2, 0) is 0 Å². The third-order valence-corrected chi connectivity index (χ3v) is 3.12. The van der Waals surface area contributed by atoms with E-state index in [9.17, 15) is 9.59 Å². The number of nitrogens with two attached hydrogens (primary N) is 1. The Bertz CT molecular complexity index is 704.